The summed E-state index contributed by atoms with van der Waals surface area (Å²) in [6.45, 7) is 0. The first-order valence-corrected chi connectivity index (χ1v) is 5.02. The zero-order valence-electron chi connectivity index (χ0n) is 7.17. The van der Waals surface area contributed by atoms with E-state index in [0.29, 0.717) is 0 Å². The summed E-state index contributed by atoms with van der Waals surface area (Å²) in [5.74, 6) is -1.86. The van der Waals surface area contributed by atoms with Crippen molar-refractivity contribution in [2.75, 3.05) is 5.88 Å². The van der Waals surface area contributed by atoms with Crippen molar-refractivity contribution in [1.29, 1.82) is 0 Å². The number of carbonyl (C=O) groups excluding carboxylic acids is 1. The maximum absolute atomic E-state index is 13.2. The van der Waals surface area contributed by atoms with Gasteiger partial charge in [0.1, 0.15) is 0 Å². The van der Waals surface area contributed by atoms with Crippen LogP contribution in [0.5, 0.6) is 0 Å². The molecule has 7 heteroatoms. The molecule has 1 aromatic rings. The molecule has 0 unspecified atom stereocenters. The van der Waals surface area contributed by atoms with E-state index < -0.39 is 22.2 Å². The van der Waals surface area contributed by atoms with E-state index in [9.17, 15) is 19.3 Å². The molecule has 0 heterocycles. The number of ketones is 1. The number of benzene rings is 1. The number of hydrogen-bond donors (Lipinski definition) is 0. The highest BCUT2D eigenvalue weighted by molar-refractivity contribution is 9.10. The Labute approximate surface area is 97.3 Å². The zero-order valence-corrected chi connectivity index (χ0v) is 9.51. The quantitative estimate of drug-likeness (QED) is 0.373. The zero-order chi connectivity index (χ0) is 11.6. The maximum Gasteiger partial charge on any atom is 0.318 e. The van der Waals surface area contributed by atoms with Crippen LogP contribution in [-0.4, -0.2) is 16.6 Å². The molecule has 15 heavy (non-hydrogen) atoms. The number of carbonyl (C=O) groups is 1. The van der Waals surface area contributed by atoms with Gasteiger partial charge in [-0.2, -0.15) is 4.39 Å². The van der Waals surface area contributed by atoms with E-state index in [1.807, 2.05) is 0 Å². The molecule has 0 amide bonds. The number of nitrogens with zero attached hydrogens (tertiary/aromatic N) is 1. The number of halogens is 3. The van der Waals surface area contributed by atoms with Crippen LogP contribution in [0.15, 0.2) is 16.6 Å². The van der Waals surface area contributed by atoms with Crippen molar-refractivity contribution in [1.82, 2.24) is 0 Å². The molecule has 0 aliphatic carbocycles. The standard InChI is InChI=1S/C8H4BrClFNO3/c9-5-1-4(7(13)3-10)2-6(11)8(5)12(14)15/h1-2H,3H2. The van der Waals surface area contributed by atoms with Crippen molar-refractivity contribution < 1.29 is 14.1 Å². The summed E-state index contributed by atoms with van der Waals surface area (Å²) in [5.41, 5.74) is -0.693. The number of alkyl halides is 1. The summed E-state index contributed by atoms with van der Waals surface area (Å²) in [4.78, 5) is 20.7. The molecule has 0 aromatic heterocycles. The highest BCUT2D eigenvalue weighted by Gasteiger charge is 2.21. The summed E-state index contributed by atoms with van der Waals surface area (Å²) in [5, 5.41) is 10.4. The predicted octanol–water partition coefficient (Wildman–Crippen LogP) is 2.92. The largest absolute Gasteiger partial charge is 0.318 e. The first-order chi connectivity index (χ1) is 6.97. The van der Waals surface area contributed by atoms with Gasteiger partial charge >= 0.3 is 5.69 Å². The SMILES string of the molecule is O=C(CCl)c1cc(F)c([N+](=O)[O-])c(Br)c1. The van der Waals surface area contributed by atoms with E-state index in [2.05, 4.69) is 15.9 Å². The Bertz CT molecular complexity index is 415. The van der Waals surface area contributed by atoms with Crippen LogP contribution < -0.4 is 0 Å². The van der Waals surface area contributed by atoms with E-state index in [4.69, 9.17) is 11.6 Å². The Kier molecular flexibility index (Phi) is 3.76. The van der Waals surface area contributed by atoms with Crippen LogP contribution in [0.4, 0.5) is 10.1 Å². The molecule has 4 nitrogen and oxygen atoms in total. The normalized spacial score (nSPS) is 10.1. The Morgan fingerprint density at radius 3 is 2.60 bits per heavy atom. The van der Waals surface area contributed by atoms with Crippen molar-refractivity contribution in [3.8, 4) is 0 Å². The van der Waals surface area contributed by atoms with Crippen LogP contribution in [0.1, 0.15) is 10.4 Å². The molecular formula is C8H4BrClFNO3. The molecule has 80 valence electrons. The molecule has 0 spiro atoms. The average molecular weight is 296 g/mol. The fraction of sp³-hybridized carbons (Fsp3) is 0.125. The van der Waals surface area contributed by atoms with Gasteiger partial charge in [-0.3, -0.25) is 14.9 Å². The third kappa shape index (κ3) is 2.51. The molecule has 0 N–H and O–H groups in total. The first-order valence-electron chi connectivity index (χ1n) is 3.70. The topological polar surface area (TPSA) is 60.2 Å². The smallest absolute Gasteiger partial charge is 0.293 e. The van der Waals surface area contributed by atoms with E-state index >= 15 is 0 Å². The molecule has 0 saturated carbocycles. The Morgan fingerprint density at radius 2 is 2.20 bits per heavy atom. The van der Waals surface area contributed by atoms with Crippen LogP contribution in [0.25, 0.3) is 0 Å². The third-order valence-corrected chi connectivity index (χ3v) is 2.49. The second-order valence-electron chi connectivity index (χ2n) is 2.60. The molecule has 0 aliphatic rings. The lowest BCUT2D eigenvalue weighted by Crippen LogP contribution is -2.03. The van der Waals surface area contributed by atoms with Crippen molar-refractivity contribution >= 4 is 39.0 Å². The van der Waals surface area contributed by atoms with Crippen LogP contribution in [0.3, 0.4) is 0 Å². The van der Waals surface area contributed by atoms with Gasteiger partial charge < -0.3 is 0 Å². The highest BCUT2D eigenvalue weighted by atomic mass is 79.9. The fourth-order valence-corrected chi connectivity index (χ4v) is 1.71. The Hall–Kier alpha value is -1.01. The Balaban J connectivity index is 3.31. The van der Waals surface area contributed by atoms with Crippen LogP contribution in [0, 0.1) is 15.9 Å². The second kappa shape index (κ2) is 4.67. The Morgan fingerprint density at radius 1 is 1.60 bits per heavy atom. The summed E-state index contributed by atoms with van der Waals surface area (Å²) < 4.78 is 13.1. The predicted molar refractivity (Wildman–Crippen MR) is 55.8 cm³/mol. The van der Waals surface area contributed by atoms with Crippen molar-refractivity contribution in [2.45, 2.75) is 0 Å². The van der Waals surface area contributed by atoms with Crippen molar-refractivity contribution in [2.24, 2.45) is 0 Å². The third-order valence-electron chi connectivity index (χ3n) is 1.64. The van der Waals surface area contributed by atoms with Gasteiger partial charge in [-0.15, -0.1) is 11.6 Å². The second-order valence-corrected chi connectivity index (χ2v) is 3.72. The molecule has 0 fully saturated rings. The number of Topliss-reactive ketones (excluding diaryl/α,β-unsaturated/α-hetero) is 1. The fourth-order valence-electron chi connectivity index (χ4n) is 0.978. The van der Waals surface area contributed by atoms with Gasteiger partial charge in [-0.05, 0) is 28.1 Å². The van der Waals surface area contributed by atoms with E-state index in [0.717, 1.165) is 6.07 Å². The van der Waals surface area contributed by atoms with Gasteiger partial charge in [-0.1, -0.05) is 0 Å². The summed E-state index contributed by atoms with van der Waals surface area (Å²) >= 11 is 8.09. The van der Waals surface area contributed by atoms with Gasteiger partial charge in [0, 0.05) is 5.56 Å². The monoisotopic (exact) mass is 295 g/mol. The van der Waals surface area contributed by atoms with E-state index in [-0.39, 0.29) is 15.9 Å². The molecule has 0 saturated heterocycles. The van der Waals surface area contributed by atoms with Crippen molar-refractivity contribution in [3.63, 3.8) is 0 Å². The summed E-state index contributed by atoms with van der Waals surface area (Å²) in [7, 11) is 0. The highest BCUT2D eigenvalue weighted by Crippen LogP contribution is 2.29. The molecule has 0 aliphatic heterocycles. The van der Waals surface area contributed by atoms with E-state index in [1.165, 1.54) is 6.07 Å². The maximum atomic E-state index is 13.2. The molecule has 0 bridgehead atoms. The van der Waals surface area contributed by atoms with Gasteiger partial charge in [0.25, 0.3) is 0 Å². The van der Waals surface area contributed by atoms with Crippen LogP contribution >= 0.6 is 27.5 Å². The van der Waals surface area contributed by atoms with Crippen LogP contribution in [-0.2, 0) is 0 Å². The average Bonchev–Trinajstić information content (AvgIpc) is 2.14. The van der Waals surface area contributed by atoms with E-state index in [1.54, 1.807) is 0 Å². The molecular weight excluding hydrogens is 292 g/mol. The number of hydrogen-bond acceptors (Lipinski definition) is 3. The lowest BCUT2D eigenvalue weighted by atomic mass is 10.1. The minimum Gasteiger partial charge on any atom is -0.293 e. The van der Waals surface area contributed by atoms with Gasteiger partial charge in [-0.25, -0.2) is 0 Å². The lowest BCUT2D eigenvalue weighted by Gasteiger charge is -2.01. The molecule has 1 aromatic carbocycles. The number of nitro benzene ring substituents is 1. The number of nitro groups is 1. The van der Waals surface area contributed by atoms with Gasteiger partial charge in [0.15, 0.2) is 5.78 Å². The minimum absolute atomic E-state index is 0.0000231. The van der Waals surface area contributed by atoms with Crippen LogP contribution in [0.2, 0.25) is 0 Å². The minimum atomic E-state index is -1.07. The summed E-state index contributed by atoms with van der Waals surface area (Å²) in [6.07, 6.45) is 0. The molecule has 1 rings (SSSR count). The van der Waals surface area contributed by atoms with Gasteiger partial charge in [0.05, 0.1) is 15.3 Å². The van der Waals surface area contributed by atoms with Gasteiger partial charge in [0.2, 0.25) is 5.82 Å². The lowest BCUT2D eigenvalue weighted by molar-refractivity contribution is -0.388. The number of rotatable bonds is 3. The molecule has 0 radical (unpaired) electrons. The molecule has 0 atom stereocenters. The van der Waals surface area contributed by atoms with Crippen molar-refractivity contribution in [3.05, 3.63) is 38.1 Å². The first kappa shape index (κ1) is 12.1. The summed E-state index contributed by atoms with van der Waals surface area (Å²) in [6, 6.07) is 1.97.